The molecule has 1 amide bonds. The van der Waals surface area contributed by atoms with E-state index >= 15 is 0 Å². The highest BCUT2D eigenvalue weighted by Gasteiger charge is 2.11. The number of carbonyl (C=O) groups excluding carboxylic acids is 1. The molecular formula is C13H10ClFN2O. The van der Waals surface area contributed by atoms with Gasteiger partial charge in [-0.3, -0.25) is 4.79 Å². The Morgan fingerprint density at radius 2 is 2.17 bits per heavy atom. The molecule has 0 radical (unpaired) electrons. The summed E-state index contributed by atoms with van der Waals surface area (Å²) >= 11 is 6.00. The third-order valence-electron chi connectivity index (χ3n) is 2.51. The van der Waals surface area contributed by atoms with Crippen molar-refractivity contribution in [2.75, 3.05) is 7.05 Å². The lowest BCUT2D eigenvalue weighted by molar-refractivity contribution is 0.0963. The fraction of sp³-hybridized carbons (Fsp3) is 0.0769. The molecule has 0 bridgehead atoms. The summed E-state index contributed by atoms with van der Waals surface area (Å²) < 4.78 is 13.5. The van der Waals surface area contributed by atoms with Crippen molar-refractivity contribution in [3.05, 3.63) is 53.1 Å². The molecule has 0 spiro atoms. The standard InChI is InChI=1S/C13H10ClFN2O/c1-16-13(18)10-5-4-8(7-11(10)14)9-3-2-6-17-12(9)15/h2-7H,1H3,(H,16,18). The Hall–Kier alpha value is -1.94. The fourth-order valence-electron chi connectivity index (χ4n) is 1.60. The Bertz CT molecular complexity index is 601. The molecule has 0 saturated heterocycles. The minimum Gasteiger partial charge on any atom is -0.355 e. The first-order valence-electron chi connectivity index (χ1n) is 5.26. The zero-order chi connectivity index (χ0) is 13.1. The third-order valence-corrected chi connectivity index (χ3v) is 2.82. The molecule has 0 aliphatic rings. The topological polar surface area (TPSA) is 42.0 Å². The van der Waals surface area contributed by atoms with E-state index in [1.807, 2.05) is 0 Å². The monoisotopic (exact) mass is 264 g/mol. The number of benzene rings is 1. The number of nitrogens with zero attached hydrogens (tertiary/aromatic N) is 1. The summed E-state index contributed by atoms with van der Waals surface area (Å²) in [7, 11) is 1.52. The number of nitrogens with one attached hydrogen (secondary N) is 1. The Morgan fingerprint density at radius 3 is 2.78 bits per heavy atom. The molecule has 0 saturated carbocycles. The van der Waals surface area contributed by atoms with Crippen molar-refractivity contribution in [3.8, 4) is 11.1 Å². The largest absolute Gasteiger partial charge is 0.355 e. The van der Waals surface area contributed by atoms with Crippen molar-refractivity contribution in [1.82, 2.24) is 10.3 Å². The lowest BCUT2D eigenvalue weighted by Crippen LogP contribution is -2.18. The van der Waals surface area contributed by atoms with Crippen molar-refractivity contribution < 1.29 is 9.18 Å². The van der Waals surface area contributed by atoms with Crippen LogP contribution in [0.3, 0.4) is 0 Å². The molecule has 1 aromatic carbocycles. The van der Waals surface area contributed by atoms with Gasteiger partial charge in [-0.05, 0) is 29.8 Å². The number of rotatable bonds is 2. The van der Waals surface area contributed by atoms with E-state index in [0.717, 1.165) is 0 Å². The lowest BCUT2D eigenvalue weighted by atomic mass is 10.0. The summed E-state index contributed by atoms with van der Waals surface area (Å²) in [6.07, 6.45) is 1.37. The van der Waals surface area contributed by atoms with Gasteiger partial charge in [0.05, 0.1) is 10.6 Å². The molecule has 18 heavy (non-hydrogen) atoms. The molecule has 2 aromatic rings. The van der Waals surface area contributed by atoms with Gasteiger partial charge in [0.2, 0.25) is 5.95 Å². The van der Waals surface area contributed by atoms with Gasteiger partial charge < -0.3 is 5.32 Å². The minimum atomic E-state index is -0.568. The van der Waals surface area contributed by atoms with Crippen LogP contribution in [0.2, 0.25) is 5.02 Å². The highest BCUT2D eigenvalue weighted by molar-refractivity contribution is 6.34. The summed E-state index contributed by atoms with van der Waals surface area (Å²) in [5.74, 6) is -0.848. The zero-order valence-corrected chi connectivity index (χ0v) is 10.3. The van der Waals surface area contributed by atoms with Gasteiger partial charge in [-0.25, -0.2) is 4.98 Å². The Balaban J connectivity index is 2.47. The number of halogens is 2. The second kappa shape index (κ2) is 5.14. The minimum absolute atomic E-state index is 0.273. The van der Waals surface area contributed by atoms with Crippen LogP contribution in [0.1, 0.15) is 10.4 Å². The SMILES string of the molecule is CNC(=O)c1ccc(-c2cccnc2F)cc1Cl. The van der Waals surface area contributed by atoms with Crippen LogP contribution in [0.5, 0.6) is 0 Å². The lowest BCUT2D eigenvalue weighted by Gasteiger charge is -2.06. The third kappa shape index (κ3) is 2.33. The molecule has 1 aromatic heterocycles. The Morgan fingerprint density at radius 1 is 1.39 bits per heavy atom. The molecule has 1 N–H and O–H groups in total. The fourth-order valence-corrected chi connectivity index (χ4v) is 1.87. The van der Waals surface area contributed by atoms with E-state index in [9.17, 15) is 9.18 Å². The van der Waals surface area contributed by atoms with E-state index in [4.69, 9.17) is 11.6 Å². The molecule has 0 aliphatic carbocycles. The van der Waals surface area contributed by atoms with E-state index in [2.05, 4.69) is 10.3 Å². The number of hydrogen-bond acceptors (Lipinski definition) is 2. The van der Waals surface area contributed by atoms with Crippen LogP contribution in [0.15, 0.2) is 36.5 Å². The van der Waals surface area contributed by atoms with Crippen LogP contribution >= 0.6 is 11.6 Å². The molecule has 2 rings (SSSR count). The highest BCUT2D eigenvalue weighted by atomic mass is 35.5. The van der Waals surface area contributed by atoms with E-state index in [1.54, 1.807) is 30.3 Å². The summed E-state index contributed by atoms with van der Waals surface area (Å²) in [4.78, 5) is 15.0. The molecule has 0 unspecified atom stereocenters. The molecule has 0 fully saturated rings. The van der Waals surface area contributed by atoms with E-state index in [-0.39, 0.29) is 10.9 Å². The number of amides is 1. The Labute approximate surface area is 109 Å². The maximum atomic E-state index is 13.5. The van der Waals surface area contributed by atoms with Gasteiger partial charge >= 0.3 is 0 Å². The number of hydrogen-bond donors (Lipinski definition) is 1. The predicted molar refractivity (Wildman–Crippen MR) is 68.0 cm³/mol. The van der Waals surface area contributed by atoms with Crippen LogP contribution in [0.4, 0.5) is 4.39 Å². The first kappa shape index (κ1) is 12.5. The molecule has 5 heteroatoms. The zero-order valence-electron chi connectivity index (χ0n) is 9.58. The van der Waals surface area contributed by atoms with E-state index in [1.165, 1.54) is 13.2 Å². The molecule has 0 atom stereocenters. The second-order valence-corrected chi connectivity index (χ2v) is 4.02. The number of pyridine rings is 1. The van der Waals surface area contributed by atoms with Gasteiger partial charge in [-0.2, -0.15) is 4.39 Å². The van der Waals surface area contributed by atoms with Crippen LogP contribution in [0, 0.1) is 5.95 Å². The molecular weight excluding hydrogens is 255 g/mol. The average molecular weight is 265 g/mol. The van der Waals surface area contributed by atoms with E-state index < -0.39 is 5.95 Å². The van der Waals surface area contributed by atoms with Crippen molar-refractivity contribution >= 4 is 17.5 Å². The van der Waals surface area contributed by atoms with Crippen molar-refractivity contribution in [2.45, 2.75) is 0 Å². The van der Waals surface area contributed by atoms with Crippen LogP contribution in [0.25, 0.3) is 11.1 Å². The van der Waals surface area contributed by atoms with Gasteiger partial charge in [0.25, 0.3) is 5.91 Å². The quantitative estimate of drug-likeness (QED) is 0.848. The van der Waals surface area contributed by atoms with Crippen LogP contribution < -0.4 is 5.32 Å². The molecule has 3 nitrogen and oxygen atoms in total. The smallest absolute Gasteiger partial charge is 0.252 e. The summed E-state index contributed by atoms with van der Waals surface area (Å²) in [5.41, 5.74) is 1.29. The van der Waals surface area contributed by atoms with Gasteiger partial charge in [0.1, 0.15) is 0 Å². The number of carbonyl (C=O) groups is 1. The maximum absolute atomic E-state index is 13.5. The van der Waals surface area contributed by atoms with Crippen molar-refractivity contribution in [1.29, 1.82) is 0 Å². The average Bonchev–Trinajstić information content (AvgIpc) is 2.38. The van der Waals surface area contributed by atoms with E-state index in [0.29, 0.717) is 16.7 Å². The highest BCUT2D eigenvalue weighted by Crippen LogP contribution is 2.26. The van der Waals surface area contributed by atoms with Gasteiger partial charge in [0.15, 0.2) is 0 Å². The van der Waals surface area contributed by atoms with Crippen molar-refractivity contribution in [3.63, 3.8) is 0 Å². The maximum Gasteiger partial charge on any atom is 0.252 e. The summed E-state index contributed by atoms with van der Waals surface area (Å²) in [6.45, 7) is 0. The first-order chi connectivity index (χ1) is 8.63. The normalized spacial score (nSPS) is 10.2. The molecule has 0 aliphatic heterocycles. The van der Waals surface area contributed by atoms with Crippen molar-refractivity contribution in [2.24, 2.45) is 0 Å². The van der Waals surface area contributed by atoms with Gasteiger partial charge in [-0.15, -0.1) is 0 Å². The van der Waals surface area contributed by atoms with Crippen LogP contribution in [-0.4, -0.2) is 17.9 Å². The van der Waals surface area contributed by atoms with Gasteiger partial charge in [0, 0.05) is 18.8 Å². The summed E-state index contributed by atoms with van der Waals surface area (Å²) in [6, 6.07) is 7.98. The van der Waals surface area contributed by atoms with Gasteiger partial charge in [-0.1, -0.05) is 17.7 Å². The molecule has 92 valence electrons. The predicted octanol–water partition coefficient (Wildman–Crippen LogP) is 2.90. The number of aromatic nitrogens is 1. The first-order valence-corrected chi connectivity index (χ1v) is 5.64. The van der Waals surface area contributed by atoms with Crippen LogP contribution in [-0.2, 0) is 0 Å². The Kier molecular flexibility index (Phi) is 3.58. The molecule has 1 heterocycles. The summed E-state index contributed by atoms with van der Waals surface area (Å²) in [5, 5.41) is 2.76. The second-order valence-electron chi connectivity index (χ2n) is 3.62.